The highest BCUT2D eigenvalue weighted by Gasteiger charge is 2.34. The van der Waals surface area contributed by atoms with Crippen LogP contribution in [0.5, 0.6) is 0 Å². The molecule has 0 aromatic carbocycles. The molecule has 0 spiro atoms. The lowest BCUT2D eigenvalue weighted by atomic mass is 9.89. The van der Waals surface area contributed by atoms with Gasteiger partial charge in [-0.1, -0.05) is 5.16 Å². The molecule has 12 heteroatoms. The first-order chi connectivity index (χ1) is 16.6. The van der Waals surface area contributed by atoms with E-state index < -0.39 is 5.91 Å². The maximum atomic E-state index is 13.0. The van der Waals surface area contributed by atoms with E-state index >= 15 is 0 Å². The molecule has 4 aromatic rings. The van der Waals surface area contributed by atoms with Crippen LogP contribution in [0.25, 0.3) is 16.9 Å². The zero-order valence-corrected chi connectivity index (χ0v) is 18.5. The van der Waals surface area contributed by atoms with Crippen LogP contribution in [0.3, 0.4) is 0 Å². The summed E-state index contributed by atoms with van der Waals surface area (Å²) >= 11 is 0. The molecule has 12 nitrogen and oxygen atoms in total. The van der Waals surface area contributed by atoms with Crippen LogP contribution in [-0.2, 0) is 4.74 Å². The monoisotopic (exact) mass is 462 g/mol. The Morgan fingerprint density at radius 3 is 2.79 bits per heavy atom. The topological polar surface area (TPSA) is 149 Å². The lowest BCUT2D eigenvalue weighted by Gasteiger charge is -2.35. The van der Waals surface area contributed by atoms with Gasteiger partial charge in [-0.2, -0.15) is 5.10 Å². The number of carbonyl (C=O) groups excluding carboxylic acids is 1. The van der Waals surface area contributed by atoms with Gasteiger partial charge in [-0.15, -0.1) is 5.10 Å². The van der Waals surface area contributed by atoms with Gasteiger partial charge in [-0.05, 0) is 37.1 Å². The Morgan fingerprint density at radius 1 is 1.21 bits per heavy atom. The summed E-state index contributed by atoms with van der Waals surface area (Å²) < 4.78 is 12.1. The van der Waals surface area contributed by atoms with Crippen molar-refractivity contribution in [2.24, 2.45) is 0 Å². The zero-order chi connectivity index (χ0) is 23.7. The number of rotatable bonds is 7. The number of amides is 1. The Labute approximate surface area is 193 Å². The van der Waals surface area contributed by atoms with Gasteiger partial charge < -0.3 is 25.2 Å². The van der Waals surface area contributed by atoms with Crippen LogP contribution >= 0.6 is 0 Å². The summed E-state index contributed by atoms with van der Waals surface area (Å²) in [5.41, 5.74) is 1.18. The zero-order valence-electron chi connectivity index (χ0n) is 18.5. The second-order valence-corrected chi connectivity index (χ2v) is 7.75. The Morgan fingerprint density at radius 2 is 2.09 bits per heavy atom. The minimum Gasteiger partial charge on any atom is -0.386 e. The van der Waals surface area contributed by atoms with Gasteiger partial charge in [0.05, 0.1) is 17.8 Å². The Kier molecular flexibility index (Phi) is 5.64. The van der Waals surface area contributed by atoms with Crippen molar-refractivity contribution in [1.82, 2.24) is 30.2 Å². The van der Waals surface area contributed by atoms with Gasteiger partial charge in [-0.25, -0.2) is 4.98 Å². The predicted molar refractivity (Wildman–Crippen MR) is 124 cm³/mol. The van der Waals surface area contributed by atoms with Crippen LogP contribution in [0.4, 0.5) is 17.2 Å². The molecule has 1 aliphatic carbocycles. The number of pyridine rings is 2. The van der Waals surface area contributed by atoms with E-state index in [1.165, 1.54) is 10.8 Å². The Bertz CT molecular complexity index is 1400. The van der Waals surface area contributed by atoms with E-state index in [0.717, 1.165) is 12.8 Å². The van der Waals surface area contributed by atoms with E-state index in [1.807, 2.05) is 0 Å². The van der Waals surface area contributed by atoms with Crippen molar-refractivity contribution in [1.29, 1.82) is 0 Å². The molecule has 5 rings (SSSR count). The van der Waals surface area contributed by atoms with Gasteiger partial charge in [0.15, 0.2) is 11.3 Å². The van der Waals surface area contributed by atoms with Crippen molar-refractivity contribution in [3.63, 3.8) is 0 Å². The van der Waals surface area contributed by atoms with Crippen molar-refractivity contribution < 1.29 is 14.1 Å². The van der Waals surface area contributed by atoms with Gasteiger partial charge in [-0.3, -0.25) is 14.2 Å². The van der Waals surface area contributed by atoms with E-state index in [4.69, 9.17) is 9.26 Å². The number of nitrogens with zero attached hydrogens (tertiary/aromatic N) is 5. The number of carbonyl (C=O) groups is 1. The van der Waals surface area contributed by atoms with Gasteiger partial charge >= 0.3 is 0 Å². The molecule has 1 aliphatic rings. The van der Waals surface area contributed by atoms with Crippen LogP contribution in [0.15, 0.2) is 52.0 Å². The third-order valence-corrected chi connectivity index (χ3v) is 5.76. The highest BCUT2D eigenvalue weighted by Crippen LogP contribution is 2.29. The minimum absolute atomic E-state index is 0.0121. The lowest BCUT2D eigenvalue weighted by Crippen LogP contribution is -2.51. The molecule has 1 fully saturated rings. The van der Waals surface area contributed by atoms with E-state index in [2.05, 4.69) is 36.3 Å². The summed E-state index contributed by atoms with van der Waals surface area (Å²) in [6, 6.07) is 8.30. The maximum absolute atomic E-state index is 13.0. The number of hydrogen-bond donors (Lipinski definition) is 3. The number of nitrogens with one attached hydrogen (secondary N) is 3. The fraction of sp³-hybridized carbons (Fsp3) is 0.273. The van der Waals surface area contributed by atoms with Crippen LogP contribution in [0.2, 0.25) is 0 Å². The molecule has 0 bridgehead atoms. The second kappa shape index (κ2) is 8.90. The third kappa shape index (κ3) is 3.83. The minimum atomic E-state index is -0.425. The van der Waals surface area contributed by atoms with Gasteiger partial charge in [0.1, 0.15) is 17.0 Å². The van der Waals surface area contributed by atoms with E-state index in [1.54, 1.807) is 50.7 Å². The molecule has 1 saturated carbocycles. The number of methoxy groups -OCH3 is 1. The first-order valence-electron chi connectivity index (χ1n) is 10.7. The molecule has 0 radical (unpaired) electrons. The summed E-state index contributed by atoms with van der Waals surface area (Å²) in [5.74, 6) is 0.285. The van der Waals surface area contributed by atoms with Crippen molar-refractivity contribution in [3.8, 4) is 5.82 Å². The van der Waals surface area contributed by atoms with Crippen molar-refractivity contribution in [2.45, 2.75) is 25.0 Å². The first kappa shape index (κ1) is 21.5. The molecule has 34 heavy (non-hydrogen) atoms. The number of anilines is 3. The van der Waals surface area contributed by atoms with Crippen LogP contribution in [0, 0.1) is 0 Å². The van der Waals surface area contributed by atoms with Crippen molar-refractivity contribution in [2.75, 3.05) is 24.8 Å². The van der Waals surface area contributed by atoms with E-state index in [0.29, 0.717) is 22.8 Å². The molecule has 1 amide bonds. The number of fused-ring (bicyclic) bond motifs is 1. The third-order valence-electron chi connectivity index (χ3n) is 5.76. The summed E-state index contributed by atoms with van der Waals surface area (Å²) in [6.45, 7) is 0. The smallest absolute Gasteiger partial charge is 0.292 e. The number of aromatic nitrogens is 5. The fourth-order valence-electron chi connectivity index (χ4n) is 3.81. The van der Waals surface area contributed by atoms with E-state index in [9.17, 15) is 9.59 Å². The molecule has 174 valence electrons. The SMILES string of the molecule is CNc1cc(Nc2cccn(-c3cccnn3)c2=O)nc2c(C(=O)N[C@@H]3CC[C@H]3OC)onc12. The average Bonchev–Trinajstić information content (AvgIpc) is 3.27. The molecule has 4 heterocycles. The quantitative estimate of drug-likeness (QED) is 0.371. The van der Waals surface area contributed by atoms with Crippen LogP contribution < -0.4 is 21.5 Å². The summed E-state index contributed by atoms with van der Waals surface area (Å²) in [4.78, 5) is 30.4. The average molecular weight is 462 g/mol. The first-order valence-corrected chi connectivity index (χ1v) is 10.7. The fourth-order valence-corrected chi connectivity index (χ4v) is 3.81. The van der Waals surface area contributed by atoms with Crippen molar-refractivity contribution in [3.05, 3.63) is 58.8 Å². The predicted octanol–water partition coefficient (Wildman–Crippen LogP) is 1.86. The van der Waals surface area contributed by atoms with Gasteiger partial charge in [0, 0.05) is 32.6 Å². The molecule has 3 N–H and O–H groups in total. The molecule has 0 saturated heterocycles. The normalized spacial score (nSPS) is 17.2. The van der Waals surface area contributed by atoms with Crippen LogP contribution in [0.1, 0.15) is 23.4 Å². The highest BCUT2D eigenvalue weighted by molar-refractivity contribution is 6.05. The summed E-state index contributed by atoms with van der Waals surface area (Å²) in [6.07, 6.45) is 4.82. The highest BCUT2D eigenvalue weighted by atomic mass is 16.5. The molecule has 0 aliphatic heterocycles. The largest absolute Gasteiger partial charge is 0.386 e. The van der Waals surface area contributed by atoms with E-state index in [-0.39, 0.29) is 34.7 Å². The lowest BCUT2D eigenvalue weighted by molar-refractivity contribution is 0.00678. The van der Waals surface area contributed by atoms with Gasteiger partial charge in [0.2, 0.25) is 5.76 Å². The van der Waals surface area contributed by atoms with Crippen molar-refractivity contribution >= 4 is 34.1 Å². The Balaban J connectivity index is 1.48. The standard InChI is InChI=1S/C22H22N8O4/c1-23-14-11-16(25-13-5-4-10-30(22(13)32)17-6-3-9-24-28-17)27-19-18(14)29-34-20(19)21(31)26-12-7-8-15(12)33-2/h3-6,9-12,15,23H,7-8H2,1-2H3,(H,25,27)(H,26,31)/t12-,15-/m1/s1. The molecular formula is C22H22N8O4. The number of ether oxygens (including phenoxy) is 1. The summed E-state index contributed by atoms with van der Waals surface area (Å²) in [5, 5.41) is 20.8. The molecule has 2 atom stereocenters. The van der Waals surface area contributed by atoms with Crippen LogP contribution in [-0.4, -0.2) is 57.1 Å². The molecular weight excluding hydrogens is 440 g/mol. The maximum Gasteiger partial charge on any atom is 0.292 e. The molecule has 4 aromatic heterocycles. The number of hydrogen-bond acceptors (Lipinski definition) is 10. The second-order valence-electron chi connectivity index (χ2n) is 7.75. The van der Waals surface area contributed by atoms with Gasteiger partial charge in [0.25, 0.3) is 11.5 Å². The Hall–Kier alpha value is -4.32. The molecule has 0 unspecified atom stereocenters. The summed E-state index contributed by atoms with van der Waals surface area (Å²) in [7, 11) is 3.33.